The molecule has 0 bridgehead atoms. The topological polar surface area (TPSA) is 81.1 Å². The Kier molecular flexibility index (Phi) is 5.95. The maximum atomic E-state index is 12.4. The number of rotatable bonds is 6. The van der Waals surface area contributed by atoms with Gasteiger partial charge in [0, 0.05) is 26.1 Å². The van der Waals surface area contributed by atoms with Crippen molar-refractivity contribution in [2.75, 3.05) is 26.3 Å². The van der Waals surface area contributed by atoms with Crippen molar-refractivity contribution in [3.05, 3.63) is 0 Å². The number of carbonyl (C=O) groups is 2. The Labute approximate surface area is 120 Å². The van der Waals surface area contributed by atoms with E-state index >= 15 is 0 Å². The fraction of sp³-hybridized carbons (Fsp3) is 0.857. The van der Waals surface area contributed by atoms with Crippen molar-refractivity contribution in [2.24, 2.45) is 0 Å². The molecule has 0 aliphatic carbocycles. The largest absolute Gasteiger partial charge is 0.395 e. The molecule has 1 aliphatic heterocycles. The summed E-state index contributed by atoms with van der Waals surface area (Å²) in [5, 5.41) is 18.8. The minimum absolute atomic E-state index is 0.0161. The summed E-state index contributed by atoms with van der Waals surface area (Å²) in [6.07, 6.45) is 1.55. The fourth-order valence-corrected chi connectivity index (χ4v) is 3.00. The number of nitrogens with zero attached hydrogens (tertiary/aromatic N) is 2. The van der Waals surface area contributed by atoms with Gasteiger partial charge in [-0.25, -0.2) is 0 Å². The maximum Gasteiger partial charge on any atom is 0.225 e. The average Bonchev–Trinajstić information content (AvgIpc) is 2.79. The average molecular weight is 286 g/mol. The molecule has 1 atom stereocenters. The lowest BCUT2D eigenvalue weighted by Gasteiger charge is -2.38. The Morgan fingerprint density at radius 1 is 1.35 bits per heavy atom. The molecule has 6 heteroatoms. The third-order valence-corrected chi connectivity index (χ3v) is 4.04. The van der Waals surface area contributed by atoms with Crippen LogP contribution in [-0.2, 0) is 9.59 Å². The number of hydrogen-bond donors (Lipinski definition) is 2. The number of amides is 2. The van der Waals surface area contributed by atoms with Crippen LogP contribution in [-0.4, -0.2) is 69.7 Å². The zero-order chi connectivity index (χ0) is 15.3. The zero-order valence-electron chi connectivity index (χ0n) is 12.6. The van der Waals surface area contributed by atoms with E-state index in [-0.39, 0.29) is 44.0 Å². The van der Waals surface area contributed by atoms with Gasteiger partial charge < -0.3 is 20.0 Å². The summed E-state index contributed by atoms with van der Waals surface area (Å²) in [6, 6.07) is -0.0161. The predicted molar refractivity (Wildman–Crippen MR) is 75.0 cm³/mol. The second kappa shape index (κ2) is 7.04. The number of aliphatic hydroxyl groups is 2. The van der Waals surface area contributed by atoms with Gasteiger partial charge in [-0.05, 0) is 26.7 Å². The van der Waals surface area contributed by atoms with E-state index in [1.807, 2.05) is 13.8 Å². The van der Waals surface area contributed by atoms with Gasteiger partial charge in [-0.3, -0.25) is 9.59 Å². The highest BCUT2D eigenvalue weighted by Crippen LogP contribution is 2.33. The van der Waals surface area contributed by atoms with E-state index in [4.69, 9.17) is 5.11 Å². The first-order valence-corrected chi connectivity index (χ1v) is 7.17. The lowest BCUT2D eigenvalue weighted by atomic mass is 9.91. The molecule has 116 valence electrons. The van der Waals surface area contributed by atoms with Gasteiger partial charge in [-0.2, -0.15) is 0 Å². The van der Waals surface area contributed by atoms with Crippen LogP contribution < -0.4 is 0 Å². The highest BCUT2D eigenvalue weighted by atomic mass is 16.3. The molecule has 0 aromatic heterocycles. The van der Waals surface area contributed by atoms with Gasteiger partial charge in [-0.1, -0.05) is 0 Å². The first-order chi connectivity index (χ1) is 9.38. The minimum Gasteiger partial charge on any atom is -0.395 e. The van der Waals surface area contributed by atoms with Crippen LogP contribution in [0.3, 0.4) is 0 Å². The van der Waals surface area contributed by atoms with Crippen LogP contribution in [0.1, 0.15) is 40.0 Å². The molecule has 6 nitrogen and oxygen atoms in total. The monoisotopic (exact) mass is 286 g/mol. The number of likely N-dealkylation sites (tertiary alicyclic amines) is 1. The second-order valence-corrected chi connectivity index (χ2v) is 5.74. The summed E-state index contributed by atoms with van der Waals surface area (Å²) < 4.78 is 0. The van der Waals surface area contributed by atoms with Crippen LogP contribution in [0.25, 0.3) is 0 Å². The molecule has 0 aromatic carbocycles. The number of hydrogen-bond acceptors (Lipinski definition) is 4. The summed E-state index contributed by atoms with van der Waals surface area (Å²) >= 11 is 0. The van der Waals surface area contributed by atoms with Gasteiger partial charge >= 0.3 is 0 Å². The van der Waals surface area contributed by atoms with E-state index in [0.29, 0.717) is 13.0 Å². The third-order valence-electron chi connectivity index (χ3n) is 4.04. The molecule has 0 spiro atoms. The first kappa shape index (κ1) is 16.9. The van der Waals surface area contributed by atoms with Crippen molar-refractivity contribution in [3.8, 4) is 0 Å². The quantitative estimate of drug-likeness (QED) is 0.719. The first-order valence-electron chi connectivity index (χ1n) is 7.17. The van der Waals surface area contributed by atoms with Crippen LogP contribution in [0.5, 0.6) is 0 Å². The molecule has 2 amide bonds. The SMILES string of the molecule is CC(=O)N1CCCC1(CO)CC(=O)N(CCO)C(C)C. The summed E-state index contributed by atoms with van der Waals surface area (Å²) in [5.74, 6) is -0.237. The number of carbonyl (C=O) groups excluding carboxylic acids is 2. The molecular weight excluding hydrogens is 260 g/mol. The van der Waals surface area contributed by atoms with E-state index in [1.54, 1.807) is 9.80 Å². The Morgan fingerprint density at radius 2 is 2.00 bits per heavy atom. The third kappa shape index (κ3) is 3.49. The molecule has 1 fully saturated rings. The molecule has 1 aliphatic rings. The van der Waals surface area contributed by atoms with Gasteiger partial charge in [0.1, 0.15) is 0 Å². The molecule has 1 saturated heterocycles. The summed E-state index contributed by atoms with van der Waals surface area (Å²) in [7, 11) is 0. The lowest BCUT2D eigenvalue weighted by Crippen LogP contribution is -2.53. The predicted octanol–water partition coefficient (Wildman–Crippen LogP) is -0.0208. The second-order valence-electron chi connectivity index (χ2n) is 5.74. The minimum atomic E-state index is -0.772. The molecule has 1 unspecified atom stereocenters. The Balaban J connectivity index is 2.86. The summed E-state index contributed by atoms with van der Waals surface area (Å²) in [5.41, 5.74) is -0.772. The van der Waals surface area contributed by atoms with Gasteiger partial charge in [0.2, 0.25) is 11.8 Å². The zero-order valence-corrected chi connectivity index (χ0v) is 12.6. The standard InChI is InChI=1S/C14H26N2O4/c1-11(2)15(7-8-17)13(20)9-14(10-18)5-4-6-16(14)12(3)19/h11,17-18H,4-10H2,1-3H3. The number of aliphatic hydroxyl groups excluding tert-OH is 2. The smallest absolute Gasteiger partial charge is 0.225 e. The van der Waals surface area contributed by atoms with Crippen LogP contribution in [0.15, 0.2) is 0 Å². The van der Waals surface area contributed by atoms with Crippen molar-refractivity contribution in [3.63, 3.8) is 0 Å². The van der Waals surface area contributed by atoms with Gasteiger partial charge in [0.05, 0.1) is 25.2 Å². The molecule has 0 radical (unpaired) electrons. The van der Waals surface area contributed by atoms with Gasteiger partial charge in [0.25, 0.3) is 0 Å². The molecular formula is C14H26N2O4. The van der Waals surface area contributed by atoms with Crippen molar-refractivity contribution in [1.29, 1.82) is 0 Å². The Hall–Kier alpha value is -1.14. The normalized spacial score (nSPS) is 22.4. The fourth-order valence-electron chi connectivity index (χ4n) is 3.00. The molecule has 1 rings (SSSR count). The summed E-state index contributed by atoms with van der Waals surface area (Å²) in [6.45, 7) is 5.81. The van der Waals surface area contributed by atoms with E-state index in [9.17, 15) is 14.7 Å². The van der Waals surface area contributed by atoms with Crippen LogP contribution in [0.4, 0.5) is 0 Å². The van der Waals surface area contributed by atoms with Gasteiger partial charge in [0.15, 0.2) is 0 Å². The van der Waals surface area contributed by atoms with Crippen LogP contribution >= 0.6 is 0 Å². The Morgan fingerprint density at radius 3 is 2.45 bits per heavy atom. The highest BCUT2D eigenvalue weighted by molar-refractivity contribution is 5.80. The van der Waals surface area contributed by atoms with E-state index in [0.717, 1.165) is 6.42 Å². The summed E-state index contributed by atoms with van der Waals surface area (Å²) in [4.78, 5) is 27.3. The van der Waals surface area contributed by atoms with Crippen LogP contribution in [0.2, 0.25) is 0 Å². The molecule has 1 heterocycles. The molecule has 0 aromatic rings. The Bertz CT molecular complexity index is 359. The van der Waals surface area contributed by atoms with E-state index < -0.39 is 5.54 Å². The van der Waals surface area contributed by atoms with Crippen molar-refractivity contribution in [2.45, 2.75) is 51.6 Å². The van der Waals surface area contributed by atoms with Crippen molar-refractivity contribution >= 4 is 11.8 Å². The van der Waals surface area contributed by atoms with Crippen molar-refractivity contribution < 1.29 is 19.8 Å². The molecule has 2 N–H and O–H groups in total. The van der Waals surface area contributed by atoms with Gasteiger partial charge in [-0.15, -0.1) is 0 Å². The lowest BCUT2D eigenvalue weighted by molar-refractivity contribution is -0.142. The van der Waals surface area contributed by atoms with Crippen molar-refractivity contribution in [1.82, 2.24) is 9.80 Å². The van der Waals surface area contributed by atoms with E-state index in [2.05, 4.69) is 0 Å². The molecule has 0 saturated carbocycles. The maximum absolute atomic E-state index is 12.4. The van der Waals surface area contributed by atoms with Crippen LogP contribution in [0, 0.1) is 0 Å². The van der Waals surface area contributed by atoms with E-state index in [1.165, 1.54) is 6.92 Å². The molecule has 20 heavy (non-hydrogen) atoms. The highest BCUT2D eigenvalue weighted by Gasteiger charge is 2.44.